The van der Waals surface area contributed by atoms with Crippen LogP contribution in [0.1, 0.15) is 23.2 Å². The molecule has 130 valence electrons. The third-order valence-electron chi connectivity index (χ3n) is 3.57. The molecule has 0 saturated carbocycles. The van der Waals surface area contributed by atoms with Gasteiger partial charge in [-0.3, -0.25) is 4.99 Å². The molecule has 1 aromatic carbocycles. The van der Waals surface area contributed by atoms with Crippen molar-refractivity contribution in [3.05, 3.63) is 45.9 Å². The molecule has 1 N–H and O–H groups in total. The number of hydrogen-bond acceptors (Lipinski definition) is 4. The summed E-state index contributed by atoms with van der Waals surface area (Å²) >= 11 is 1.69. The zero-order valence-electron chi connectivity index (χ0n) is 14.9. The lowest BCUT2D eigenvalue weighted by atomic mass is 10.2. The third kappa shape index (κ3) is 5.53. The predicted octanol–water partition coefficient (Wildman–Crippen LogP) is 3.10. The number of nitrogens with zero attached hydrogens (tertiary/aromatic N) is 3. The number of aliphatic imine (C=N–C) groups is 1. The highest BCUT2D eigenvalue weighted by Gasteiger charge is 2.07. The molecule has 0 aliphatic rings. The summed E-state index contributed by atoms with van der Waals surface area (Å²) in [5, 5.41) is 6.57. The second kappa shape index (κ2) is 9.27. The molecule has 24 heavy (non-hydrogen) atoms. The summed E-state index contributed by atoms with van der Waals surface area (Å²) in [5.41, 5.74) is 2.34. The van der Waals surface area contributed by atoms with E-state index in [0.717, 1.165) is 48.5 Å². The first kappa shape index (κ1) is 18.3. The highest BCUT2D eigenvalue weighted by atomic mass is 32.1. The number of methoxy groups -OCH3 is 1. The molecule has 0 atom stereocenters. The van der Waals surface area contributed by atoms with Gasteiger partial charge in [0.05, 0.1) is 17.8 Å². The average Bonchev–Trinajstić information content (AvgIpc) is 3.00. The van der Waals surface area contributed by atoms with Crippen molar-refractivity contribution in [3.8, 4) is 5.75 Å². The number of ether oxygens (including phenoxy) is 1. The number of aryl methyl sites for hydroxylation is 1. The van der Waals surface area contributed by atoms with Gasteiger partial charge >= 0.3 is 0 Å². The number of rotatable bonds is 7. The molecular formula is C18H26N4OS. The van der Waals surface area contributed by atoms with Crippen molar-refractivity contribution >= 4 is 17.3 Å². The van der Waals surface area contributed by atoms with Crippen LogP contribution in [-0.4, -0.2) is 43.1 Å². The first-order valence-electron chi connectivity index (χ1n) is 8.15. The Kier molecular flexibility index (Phi) is 7.06. The molecule has 5 nitrogen and oxygen atoms in total. The van der Waals surface area contributed by atoms with Crippen molar-refractivity contribution in [2.24, 2.45) is 4.99 Å². The van der Waals surface area contributed by atoms with Crippen LogP contribution in [0, 0.1) is 6.92 Å². The van der Waals surface area contributed by atoms with Gasteiger partial charge in [0, 0.05) is 38.5 Å². The largest absolute Gasteiger partial charge is 0.497 e. The van der Waals surface area contributed by atoms with E-state index in [1.165, 1.54) is 5.56 Å². The van der Waals surface area contributed by atoms with Crippen LogP contribution in [0.25, 0.3) is 0 Å². The van der Waals surface area contributed by atoms with Crippen LogP contribution >= 0.6 is 11.3 Å². The summed E-state index contributed by atoms with van der Waals surface area (Å²) in [6.45, 7) is 6.50. The van der Waals surface area contributed by atoms with Gasteiger partial charge < -0.3 is 15.0 Å². The Bertz CT molecular complexity index is 651. The van der Waals surface area contributed by atoms with Crippen LogP contribution in [-0.2, 0) is 13.0 Å². The molecule has 0 spiro atoms. The normalized spacial score (nSPS) is 11.4. The number of thiazole rings is 1. The fourth-order valence-corrected chi connectivity index (χ4v) is 3.00. The van der Waals surface area contributed by atoms with Gasteiger partial charge in [-0.2, -0.15) is 0 Å². The molecule has 1 aromatic heterocycles. The topological polar surface area (TPSA) is 49.8 Å². The third-order valence-corrected chi connectivity index (χ3v) is 4.39. The molecule has 0 saturated heterocycles. The quantitative estimate of drug-likeness (QED) is 0.618. The van der Waals surface area contributed by atoms with Crippen molar-refractivity contribution in [2.45, 2.75) is 26.8 Å². The van der Waals surface area contributed by atoms with Crippen LogP contribution in [0.3, 0.4) is 0 Å². The summed E-state index contributed by atoms with van der Waals surface area (Å²) in [4.78, 5) is 11.3. The van der Waals surface area contributed by atoms with Gasteiger partial charge in [-0.25, -0.2) is 4.98 Å². The van der Waals surface area contributed by atoms with Crippen molar-refractivity contribution in [2.75, 3.05) is 27.2 Å². The molecule has 0 aliphatic carbocycles. The maximum absolute atomic E-state index is 5.20. The van der Waals surface area contributed by atoms with Gasteiger partial charge in [0.1, 0.15) is 5.75 Å². The molecule has 2 rings (SSSR count). The van der Waals surface area contributed by atoms with Gasteiger partial charge in [0.2, 0.25) is 0 Å². The Morgan fingerprint density at radius 2 is 2.08 bits per heavy atom. The molecule has 1 heterocycles. The smallest absolute Gasteiger partial charge is 0.193 e. The second-order valence-corrected chi connectivity index (χ2v) is 6.61. The monoisotopic (exact) mass is 346 g/mol. The Hall–Kier alpha value is -2.08. The summed E-state index contributed by atoms with van der Waals surface area (Å²) < 4.78 is 5.20. The number of guanidine groups is 1. The molecule has 2 aromatic rings. The molecule has 0 aliphatic heterocycles. The van der Waals surface area contributed by atoms with Gasteiger partial charge in [-0.1, -0.05) is 12.1 Å². The van der Waals surface area contributed by atoms with E-state index < -0.39 is 0 Å². The van der Waals surface area contributed by atoms with Crippen molar-refractivity contribution in [3.63, 3.8) is 0 Å². The van der Waals surface area contributed by atoms with Crippen molar-refractivity contribution in [1.29, 1.82) is 0 Å². The highest BCUT2D eigenvalue weighted by molar-refractivity contribution is 7.09. The van der Waals surface area contributed by atoms with E-state index in [2.05, 4.69) is 46.7 Å². The number of benzene rings is 1. The minimum atomic E-state index is 0.735. The first-order chi connectivity index (χ1) is 11.6. The summed E-state index contributed by atoms with van der Waals surface area (Å²) in [6.07, 6.45) is 0.871. The van der Waals surface area contributed by atoms with Crippen LogP contribution in [0.15, 0.2) is 34.6 Å². The Morgan fingerprint density at radius 1 is 1.33 bits per heavy atom. The minimum absolute atomic E-state index is 0.735. The van der Waals surface area contributed by atoms with E-state index in [9.17, 15) is 0 Å². The molecule has 0 amide bonds. The minimum Gasteiger partial charge on any atom is -0.497 e. The summed E-state index contributed by atoms with van der Waals surface area (Å²) in [7, 11) is 3.74. The molecular weight excluding hydrogens is 320 g/mol. The van der Waals surface area contributed by atoms with E-state index in [0.29, 0.717) is 0 Å². The van der Waals surface area contributed by atoms with Gasteiger partial charge in [0.15, 0.2) is 5.96 Å². The number of hydrogen-bond donors (Lipinski definition) is 1. The highest BCUT2D eigenvalue weighted by Crippen LogP contribution is 2.13. The average molecular weight is 347 g/mol. The Balaban J connectivity index is 1.94. The molecule has 0 fully saturated rings. The maximum Gasteiger partial charge on any atom is 0.193 e. The van der Waals surface area contributed by atoms with Crippen LogP contribution < -0.4 is 10.1 Å². The SMILES string of the molecule is CCNC(=NCCc1csc(C)n1)N(C)Cc1ccc(OC)cc1. The molecule has 0 radical (unpaired) electrons. The lowest BCUT2D eigenvalue weighted by Crippen LogP contribution is -2.38. The van der Waals surface area contributed by atoms with Crippen LogP contribution in [0.5, 0.6) is 5.75 Å². The number of aromatic nitrogens is 1. The van der Waals surface area contributed by atoms with E-state index in [1.54, 1.807) is 18.4 Å². The second-order valence-electron chi connectivity index (χ2n) is 5.55. The molecule has 6 heteroatoms. The Morgan fingerprint density at radius 3 is 2.67 bits per heavy atom. The molecule has 0 bridgehead atoms. The summed E-state index contributed by atoms with van der Waals surface area (Å²) in [6, 6.07) is 8.13. The predicted molar refractivity (Wildman–Crippen MR) is 101 cm³/mol. The molecule has 0 unspecified atom stereocenters. The maximum atomic E-state index is 5.20. The van der Waals surface area contributed by atoms with E-state index in [1.807, 2.05) is 19.1 Å². The standard InChI is InChI=1S/C18H26N4OS/c1-5-19-18(20-11-10-16-13-24-14(2)21-16)22(3)12-15-6-8-17(23-4)9-7-15/h6-9,13H,5,10-12H2,1-4H3,(H,19,20). The van der Waals surface area contributed by atoms with E-state index >= 15 is 0 Å². The lowest BCUT2D eigenvalue weighted by molar-refractivity contribution is 0.414. The van der Waals surface area contributed by atoms with E-state index in [-0.39, 0.29) is 0 Å². The number of nitrogens with one attached hydrogen (secondary N) is 1. The van der Waals surface area contributed by atoms with Crippen molar-refractivity contribution in [1.82, 2.24) is 15.2 Å². The van der Waals surface area contributed by atoms with Crippen LogP contribution in [0.2, 0.25) is 0 Å². The fourth-order valence-electron chi connectivity index (χ4n) is 2.35. The van der Waals surface area contributed by atoms with Gasteiger partial charge in [-0.15, -0.1) is 11.3 Å². The zero-order chi connectivity index (χ0) is 17.4. The van der Waals surface area contributed by atoms with E-state index in [4.69, 9.17) is 9.73 Å². The summed E-state index contributed by atoms with van der Waals surface area (Å²) in [5.74, 6) is 1.79. The lowest BCUT2D eigenvalue weighted by Gasteiger charge is -2.22. The van der Waals surface area contributed by atoms with Crippen LogP contribution in [0.4, 0.5) is 0 Å². The first-order valence-corrected chi connectivity index (χ1v) is 9.03. The van der Waals surface area contributed by atoms with Crippen molar-refractivity contribution < 1.29 is 4.74 Å². The fraction of sp³-hybridized carbons (Fsp3) is 0.444. The van der Waals surface area contributed by atoms with Gasteiger partial charge in [0.25, 0.3) is 0 Å². The Labute approximate surface area is 148 Å². The van der Waals surface area contributed by atoms with Gasteiger partial charge in [-0.05, 0) is 31.5 Å². The zero-order valence-corrected chi connectivity index (χ0v) is 15.7.